The summed E-state index contributed by atoms with van der Waals surface area (Å²) in [6.07, 6.45) is 11.8. The Hall–Kier alpha value is -0.310. The van der Waals surface area contributed by atoms with E-state index in [4.69, 9.17) is 12.2 Å². The third-order valence-electron chi connectivity index (χ3n) is 3.56. The van der Waals surface area contributed by atoms with Crippen LogP contribution in [-0.2, 0) is 0 Å². The highest BCUT2D eigenvalue weighted by molar-refractivity contribution is 7.80. The first-order valence-electron chi connectivity index (χ1n) is 7.29. The van der Waals surface area contributed by atoms with E-state index in [0.29, 0.717) is 12.1 Å². The smallest absolute Gasteiger partial charge is 0.166 e. The SMILES string of the molecule is CCCCCC(C)NC(=S)NC1CCCCC1. The van der Waals surface area contributed by atoms with Crippen LogP contribution in [0.2, 0.25) is 0 Å². The van der Waals surface area contributed by atoms with Crippen LogP contribution in [0.5, 0.6) is 0 Å². The van der Waals surface area contributed by atoms with Gasteiger partial charge in [0.05, 0.1) is 0 Å². The zero-order chi connectivity index (χ0) is 12.5. The van der Waals surface area contributed by atoms with E-state index in [1.165, 1.54) is 57.8 Å². The van der Waals surface area contributed by atoms with Gasteiger partial charge in [-0.25, -0.2) is 0 Å². The maximum atomic E-state index is 5.37. The van der Waals surface area contributed by atoms with Crippen molar-refractivity contribution in [3.05, 3.63) is 0 Å². The minimum absolute atomic E-state index is 0.505. The van der Waals surface area contributed by atoms with Crippen molar-refractivity contribution in [1.82, 2.24) is 10.6 Å². The van der Waals surface area contributed by atoms with E-state index in [1.807, 2.05) is 0 Å². The van der Waals surface area contributed by atoms with Crippen LogP contribution in [-0.4, -0.2) is 17.2 Å². The first-order valence-corrected chi connectivity index (χ1v) is 7.70. The summed E-state index contributed by atoms with van der Waals surface area (Å²) in [5, 5.41) is 7.73. The zero-order valence-electron chi connectivity index (χ0n) is 11.4. The summed E-state index contributed by atoms with van der Waals surface area (Å²) in [5.74, 6) is 0. The molecule has 0 spiro atoms. The van der Waals surface area contributed by atoms with E-state index < -0.39 is 0 Å². The second kappa shape index (κ2) is 8.73. The predicted octanol–water partition coefficient (Wildman–Crippen LogP) is 3.75. The summed E-state index contributed by atoms with van der Waals surface area (Å²) >= 11 is 5.37. The molecule has 1 aliphatic carbocycles. The number of unbranched alkanes of at least 4 members (excludes halogenated alkanes) is 2. The number of rotatable bonds is 6. The average molecular weight is 256 g/mol. The molecule has 3 heteroatoms. The molecule has 17 heavy (non-hydrogen) atoms. The lowest BCUT2D eigenvalue weighted by atomic mass is 9.96. The molecule has 0 aromatic heterocycles. The summed E-state index contributed by atoms with van der Waals surface area (Å²) < 4.78 is 0. The molecule has 0 aliphatic heterocycles. The van der Waals surface area contributed by atoms with Gasteiger partial charge in [-0.2, -0.15) is 0 Å². The molecule has 100 valence electrons. The van der Waals surface area contributed by atoms with Gasteiger partial charge in [0.2, 0.25) is 0 Å². The fraction of sp³-hybridized carbons (Fsp3) is 0.929. The van der Waals surface area contributed by atoms with Gasteiger partial charge < -0.3 is 10.6 Å². The molecule has 1 saturated carbocycles. The zero-order valence-corrected chi connectivity index (χ0v) is 12.2. The number of hydrogen-bond donors (Lipinski definition) is 2. The van der Waals surface area contributed by atoms with E-state index in [-0.39, 0.29) is 0 Å². The molecule has 1 unspecified atom stereocenters. The molecule has 0 radical (unpaired) electrons. The summed E-state index contributed by atoms with van der Waals surface area (Å²) in [6, 6.07) is 1.12. The number of nitrogens with one attached hydrogen (secondary N) is 2. The highest BCUT2D eigenvalue weighted by atomic mass is 32.1. The Bertz CT molecular complexity index is 212. The van der Waals surface area contributed by atoms with Crippen molar-refractivity contribution in [2.75, 3.05) is 0 Å². The lowest BCUT2D eigenvalue weighted by Crippen LogP contribution is -2.45. The molecule has 0 saturated heterocycles. The van der Waals surface area contributed by atoms with Crippen LogP contribution in [0.3, 0.4) is 0 Å². The van der Waals surface area contributed by atoms with E-state index in [9.17, 15) is 0 Å². The lowest BCUT2D eigenvalue weighted by Gasteiger charge is -2.26. The third kappa shape index (κ3) is 6.87. The Morgan fingerprint density at radius 3 is 2.59 bits per heavy atom. The molecule has 1 rings (SSSR count). The topological polar surface area (TPSA) is 24.1 Å². The second-order valence-electron chi connectivity index (χ2n) is 5.35. The van der Waals surface area contributed by atoms with Gasteiger partial charge in [0, 0.05) is 12.1 Å². The molecule has 0 heterocycles. The summed E-state index contributed by atoms with van der Waals surface area (Å²) in [5.41, 5.74) is 0. The molecular formula is C14H28N2S. The van der Waals surface area contributed by atoms with Crippen LogP contribution < -0.4 is 10.6 Å². The van der Waals surface area contributed by atoms with E-state index in [0.717, 1.165) is 5.11 Å². The molecule has 2 N–H and O–H groups in total. The van der Waals surface area contributed by atoms with Crippen LogP contribution in [0, 0.1) is 0 Å². The maximum absolute atomic E-state index is 5.37. The Labute approximate surface area is 112 Å². The van der Waals surface area contributed by atoms with Gasteiger partial charge in [-0.15, -0.1) is 0 Å². The van der Waals surface area contributed by atoms with E-state index in [2.05, 4.69) is 24.5 Å². The van der Waals surface area contributed by atoms with Crippen LogP contribution in [0.15, 0.2) is 0 Å². The van der Waals surface area contributed by atoms with E-state index >= 15 is 0 Å². The summed E-state index contributed by atoms with van der Waals surface area (Å²) in [6.45, 7) is 4.47. The Balaban J connectivity index is 2.10. The Morgan fingerprint density at radius 1 is 1.24 bits per heavy atom. The summed E-state index contributed by atoms with van der Waals surface area (Å²) in [4.78, 5) is 0. The van der Waals surface area contributed by atoms with Crippen molar-refractivity contribution >= 4 is 17.3 Å². The molecule has 1 aliphatic rings. The normalized spacial score (nSPS) is 18.7. The standard InChI is InChI=1S/C14H28N2S/c1-3-4-6-9-12(2)15-14(17)16-13-10-7-5-8-11-13/h12-13H,3-11H2,1-2H3,(H2,15,16,17). The minimum Gasteiger partial charge on any atom is -0.360 e. The number of hydrogen-bond acceptors (Lipinski definition) is 1. The van der Waals surface area contributed by atoms with E-state index in [1.54, 1.807) is 0 Å². The molecular weight excluding hydrogens is 228 g/mol. The molecule has 1 atom stereocenters. The summed E-state index contributed by atoms with van der Waals surface area (Å²) in [7, 11) is 0. The van der Waals surface area contributed by atoms with Gasteiger partial charge in [0.15, 0.2) is 5.11 Å². The van der Waals surface area contributed by atoms with Crippen molar-refractivity contribution in [2.45, 2.75) is 83.7 Å². The molecule has 0 amide bonds. The fourth-order valence-electron chi connectivity index (χ4n) is 2.47. The minimum atomic E-state index is 0.505. The first kappa shape index (κ1) is 14.7. The number of thiocarbonyl (C=S) groups is 1. The van der Waals surface area contributed by atoms with Crippen molar-refractivity contribution in [3.8, 4) is 0 Å². The second-order valence-corrected chi connectivity index (χ2v) is 5.76. The molecule has 0 bridgehead atoms. The molecule has 0 aromatic rings. The Kier molecular flexibility index (Phi) is 7.58. The van der Waals surface area contributed by atoms with Gasteiger partial charge in [0.1, 0.15) is 0 Å². The Morgan fingerprint density at radius 2 is 1.94 bits per heavy atom. The van der Waals surface area contributed by atoms with Gasteiger partial charge in [-0.1, -0.05) is 45.4 Å². The van der Waals surface area contributed by atoms with Crippen LogP contribution in [0.25, 0.3) is 0 Å². The van der Waals surface area contributed by atoms with Crippen molar-refractivity contribution in [2.24, 2.45) is 0 Å². The highest BCUT2D eigenvalue weighted by Gasteiger charge is 2.14. The maximum Gasteiger partial charge on any atom is 0.166 e. The highest BCUT2D eigenvalue weighted by Crippen LogP contribution is 2.17. The molecule has 0 aromatic carbocycles. The van der Waals surface area contributed by atoms with Crippen LogP contribution in [0.4, 0.5) is 0 Å². The van der Waals surface area contributed by atoms with Crippen molar-refractivity contribution in [1.29, 1.82) is 0 Å². The fourth-order valence-corrected chi connectivity index (χ4v) is 2.84. The molecule has 1 fully saturated rings. The van der Waals surface area contributed by atoms with Gasteiger partial charge >= 0.3 is 0 Å². The van der Waals surface area contributed by atoms with Gasteiger partial charge in [-0.3, -0.25) is 0 Å². The quantitative estimate of drug-likeness (QED) is 0.559. The lowest BCUT2D eigenvalue weighted by molar-refractivity contribution is 0.409. The first-order chi connectivity index (χ1) is 8.22. The van der Waals surface area contributed by atoms with Crippen molar-refractivity contribution < 1.29 is 0 Å². The molecule has 2 nitrogen and oxygen atoms in total. The monoisotopic (exact) mass is 256 g/mol. The van der Waals surface area contributed by atoms with Gasteiger partial charge in [0.25, 0.3) is 0 Å². The average Bonchev–Trinajstić information content (AvgIpc) is 2.30. The van der Waals surface area contributed by atoms with Gasteiger partial charge in [-0.05, 0) is 38.4 Å². The van der Waals surface area contributed by atoms with Crippen LogP contribution >= 0.6 is 12.2 Å². The largest absolute Gasteiger partial charge is 0.360 e. The van der Waals surface area contributed by atoms with Crippen LogP contribution in [0.1, 0.15) is 71.6 Å². The van der Waals surface area contributed by atoms with Crippen molar-refractivity contribution in [3.63, 3.8) is 0 Å². The predicted molar refractivity (Wildman–Crippen MR) is 79.3 cm³/mol. The third-order valence-corrected chi connectivity index (χ3v) is 3.79.